The topological polar surface area (TPSA) is 132 Å². The van der Waals surface area contributed by atoms with Crippen LogP contribution in [0.25, 0.3) is 0 Å². The van der Waals surface area contributed by atoms with Crippen molar-refractivity contribution < 1.29 is 32.7 Å². The Bertz CT molecular complexity index is 1230. The summed E-state index contributed by atoms with van der Waals surface area (Å²) in [4.78, 5) is 37.5. The average Bonchev–Trinajstić information content (AvgIpc) is 2.93. The second kappa shape index (κ2) is 14.0. The van der Waals surface area contributed by atoms with Crippen molar-refractivity contribution in [1.29, 1.82) is 0 Å². The molecule has 0 aliphatic rings. The van der Waals surface area contributed by atoms with E-state index in [1.165, 1.54) is 20.8 Å². The molecule has 0 aromatic heterocycles. The summed E-state index contributed by atoms with van der Waals surface area (Å²) in [6.45, 7) is 4.46. The molecule has 3 aromatic carbocycles. The third-order valence-electron chi connectivity index (χ3n) is 5.47. The summed E-state index contributed by atoms with van der Waals surface area (Å²) in [5, 5.41) is 7.55. The number of benzene rings is 3. The smallest absolute Gasteiger partial charge is 0.445 e. The van der Waals surface area contributed by atoms with Crippen LogP contribution in [0, 0.1) is 0 Å². The van der Waals surface area contributed by atoms with Crippen LogP contribution in [0.1, 0.15) is 26.3 Å². The molecule has 0 saturated heterocycles. The van der Waals surface area contributed by atoms with Crippen LogP contribution in [-0.2, 0) is 25.5 Å². The Hall–Kier alpha value is -4.30. The lowest BCUT2D eigenvalue weighted by molar-refractivity contribution is -0.129. The SMILES string of the molecule is C[C@H](NC(=O)OCc1ccccc1)C(=O)N[C@@H](C)C(=O)N[C@@H](C)P(=O)(Oc1ccccc1)Oc1ccccc1. The predicted molar refractivity (Wildman–Crippen MR) is 146 cm³/mol. The fraction of sp³-hybridized carbons (Fsp3) is 0.250. The van der Waals surface area contributed by atoms with Crippen LogP contribution in [0.2, 0.25) is 0 Å². The van der Waals surface area contributed by atoms with Crippen molar-refractivity contribution in [2.24, 2.45) is 0 Å². The van der Waals surface area contributed by atoms with E-state index in [-0.39, 0.29) is 6.61 Å². The zero-order valence-corrected chi connectivity index (χ0v) is 22.8. The summed E-state index contributed by atoms with van der Waals surface area (Å²) in [6.07, 6.45) is -0.774. The van der Waals surface area contributed by atoms with Crippen molar-refractivity contribution >= 4 is 25.5 Å². The molecular formula is C28H32N3O7P. The van der Waals surface area contributed by atoms with Crippen molar-refractivity contribution in [2.75, 3.05) is 0 Å². The molecule has 0 heterocycles. The second-order valence-electron chi connectivity index (χ2n) is 8.69. The van der Waals surface area contributed by atoms with Crippen LogP contribution in [-0.4, -0.2) is 35.8 Å². The fourth-order valence-corrected chi connectivity index (χ4v) is 4.72. The first-order valence-electron chi connectivity index (χ1n) is 12.3. The molecule has 3 N–H and O–H groups in total. The second-order valence-corrected chi connectivity index (χ2v) is 10.9. The van der Waals surface area contributed by atoms with Gasteiger partial charge in [0, 0.05) is 0 Å². The van der Waals surface area contributed by atoms with Crippen molar-refractivity contribution in [3.8, 4) is 11.5 Å². The van der Waals surface area contributed by atoms with Gasteiger partial charge in [-0.05, 0) is 50.6 Å². The lowest BCUT2D eigenvalue weighted by Gasteiger charge is -2.27. The van der Waals surface area contributed by atoms with Gasteiger partial charge in [0.2, 0.25) is 11.8 Å². The van der Waals surface area contributed by atoms with Crippen molar-refractivity contribution in [2.45, 2.75) is 45.2 Å². The number of carbonyl (C=O) groups excluding carboxylic acids is 3. The van der Waals surface area contributed by atoms with E-state index in [0.29, 0.717) is 11.5 Å². The normalized spacial score (nSPS) is 13.2. The number of carbonyl (C=O) groups is 3. The van der Waals surface area contributed by atoms with E-state index >= 15 is 0 Å². The molecule has 0 aliphatic carbocycles. The molecule has 3 amide bonds. The van der Waals surface area contributed by atoms with Gasteiger partial charge in [-0.1, -0.05) is 66.7 Å². The number of amides is 3. The van der Waals surface area contributed by atoms with E-state index in [4.69, 9.17) is 13.8 Å². The predicted octanol–water partition coefficient (Wildman–Crippen LogP) is 4.62. The lowest BCUT2D eigenvalue weighted by atomic mass is 10.2. The molecule has 3 rings (SSSR count). The number of hydrogen-bond donors (Lipinski definition) is 3. The van der Waals surface area contributed by atoms with Gasteiger partial charge in [0.1, 0.15) is 30.2 Å². The van der Waals surface area contributed by atoms with Crippen LogP contribution in [0.3, 0.4) is 0 Å². The number of nitrogens with one attached hydrogen (secondary N) is 3. The molecule has 0 spiro atoms. The highest BCUT2D eigenvalue weighted by atomic mass is 31.2. The number of ether oxygens (including phenoxy) is 1. The van der Waals surface area contributed by atoms with Gasteiger partial charge in [0.25, 0.3) is 0 Å². The van der Waals surface area contributed by atoms with Crippen LogP contribution in [0.5, 0.6) is 11.5 Å². The first kappa shape index (κ1) is 29.3. The molecule has 0 fully saturated rings. The first-order valence-corrected chi connectivity index (χ1v) is 13.9. The van der Waals surface area contributed by atoms with Gasteiger partial charge in [-0.25, -0.2) is 9.36 Å². The quantitative estimate of drug-likeness (QED) is 0.279. The number of rotatable bonds is 12. The highest BCUT2D eigenvalue weighted by Crippen LogP contribution is 2.51. The fourth-order valence-electron chi connectivity index (χ4n) is 3.25. The standard InChI is InChI=1S/C28H32N3O7P/c1-20(29-26(32)21(2)30-28(34)36-19-23-13-7-4-8-14-23)27(33)31-22(3)39(35,37-24-15-9-5-10-16-24)38-25-17-11-6-12-18-25/h4-18,20-22H,19H2,1-3H3,(H,29,32)(H,30,34)(H,31,33)/t20-,21-,22+/m0/s1. The van der Waals surface area contributed by atoms with Gasteiger partial charge in [0.05, 0.1) is 0 Å². The Labute approximate surface area is 227 Å². The van der Waals surface area contributed by atoms with E-state index in [2.05, 4.69) is 16.0 Å². The summed E-state index contributed by atoms with van der Waals surface area (Å²) in [6, 6.07) is 24.0. The third-order valence-corrected chi connectivity index (χ3v) is 7.48. The minimum Gasteiger partial charge on any atom is -0.445 e. The molecule has 39 heavy (non-hydrogen) atoms. The molecule has 0 radical (unpaired) electrons. The Balaban J connectivity index is 1.56. The zero-order valence-electron chi connectivity index (χ0n) is 21.9. The van der Waals surface area contributed by atoms with Gasteiger partial charge < -0.3 is 29.7 Å². The Morgan fingerprint density at radius 3 is 1.62 bits per heavy atom. The summed E-state index contributed by atoms with van der Waals surface area (Å²) in [5.74, 6) is -1.70. The number of para-hydroxylation sites is 2. The van der Waals surface area contributed by atoms with Gasteiger partial charge in [-0.15, -0.1) is 0 Å². The van der Waals surface area contributed by atoms with Gasteiger partial charge >= 0.3 is 13.7 Å². The average molecular weight is 554 g/mol. The summed E-state index contributed by atoms with van der Waals surface area (Å²) >= 11 is 0. The van der Waals surface area contributed by atoms with E-state index in [0.717, 1.165) is 5.56 Å². The Morgan fingerprint density at radius 1 is 0.667 bits per heavy atom. The molecular weight excluding hydrogens is 521 g/mol. The highest BCUT2D eigenvalue weighted by molar-refractivity contribution is 7.55. The van der Waals surface area contributed by atoms with Crippen LogP contribution in [0.15, 0.2) is 91.0 Å². The minimum absolute atomic E-state index is 0.0495. The maximum Gasteiger partial charge on any atom is 0.452 e. The molecule has 0 aliphatic heterocycles. The molecule has 0 unspecified atom stereocenters. The van der Waals surface area contributed by atoms with Crippen LogP contribution >= 0.6 is 7.60 Å². The lowest BCUT2D eigenvalue weighted by Crippen LogP contribution is -2.52. The summed E-state index contributed by atoms with van der Waals surface area (Å²) in [5.41, 5.74) is 0.800. The van der Waals surface area contributed by atoms with E-state index in [9.17, 15) is 18.9 Å². The van der Waals surface area contributed by atoms with Crippen molar-refractivity contribution in [1.82, 2.24) is 16.0 Å². The molecule has 10 nitrogen and oxygen atoms in total. The third kappa shape index (κ3) is 9.19. The maximum atomic E-state index is 13.8. The molecule has 0 bridgehead atoms. The molecule has 11 heteroatoms. The maximum absolute atomic E-state index is 13.8. The largest absolute Gasteiger partial charge is 0.452 e. The molecule has 0 saturated carbocycles. The monoisotopic (exact) mass is 553 g/mol. The van der Waals surface area contributed by atoms with Crippen LogP contribution in [0.4, 0.5) is 4.79 Å². The van der Waals surface area contributed by atoms with E-state index < -0.39 is 43.4 Å². The molecule has 3 aromatic rings. The molecule has 206 valence electrons. The minimum atomic E-state index is -3.97. The summed E-state index contributed by atoms with van der Waals surface area (Å²) in [7, 11) is -3.97. The number of alkyl carbamates (subject to hydrolysis) is 1. The van der Waals surface area contributed by atoms with Gasteiger partial charge in [0.15, 0.2) is 5.78 Å². The van der Waals surface area contributed by atoms with Gasteiger partial charge in [-0.3, -0.25) is 9.59 Å². The Kier molecular flexibility index (Phi) is 10.5. The molecule has 3 atom stereocenters. The Morgan fingerprint density at radius 2 is 1.10 bits per heavy atom. The van der Waals surface area contributed by atoms with Crippen molar-refractivity contribution in [3.05, 3.63) is 96.6 Å². The first-order chi connectivity index (χ1) is 18.7. The zero-order chi connectivity index (χ0) is 28.3. The van der Waals surface area contributed by atoms with Gasteiger partial charge in [-0.2, -0.15) is 0 Å². The summed E-state index contributed by atoms with van der Waals surface area (Å²) < 4.78 is 30.4. The van der Waals surface area contributed by atoms with Crippen LogP contribution < -0.4 is 25.0 Å². The van der Waals surface area contributed by atoms with Crippen molar-refractivity contribution in [3.63, 3.8) is 0 Å². The van der Waals surface area contributed by atoms with E-state index in [1.807, 2.05) is 18.2 Å². The van der Waals surface area contributed by atoms with E-state index in [1.54, 1.807) is 72.8 Å². The number of hydrogen-bond acceptors (Lipinski definition) is 7. The highest BCUT2D eigenvalue weighted by Gasteiger charge is 2.38.